The van der Waals surface area contributed by atoms with Crippen molar-refractivity contribution >= 4 is 34.1 Å². The number of fused-ring (bicyclic) bond motifs is 1. The zero-order valence-corrected chi connectivity index (χ0v) is 13.2. The van der Waals surface area contributed by atoms with E-state index in [-0.39, 0.29) is 11.3 Å². The maximum atomic E-state index is 13.2. The van der Waals surface area contributed by atoms with E-state index in [0.29, 0.717) is 27.6 Å². The molecule has 4 nitrogen and oxygen atoms in total. The van der Waals surface area contributed by atoms with Crippen LogP contribution in [0.25, 0.3) is 10.9 Å². The van der Waals surface area contributed by atoms with E-state index in [2.05, 4.69) is 10.3 Å². The Bertz CT molecular complexity index is 1010. The highest BCUT2D eigenvalue weighted by Crippen LogP contribution is 2.22. The second-order valence-corrected chi connectivity index (χ2v) is 5.65. The topological polar surface area (TPSA) is 62.0 Å². The van der Waals surface area contributed by atoms with Crippen molar-refractivity contribution in [2.75, 3.05) is 5.32 Å². The average molecular weight is 349 g/mol. The summed E-state index contributed by atoms with van der Waals surface area (Å²) in [6.45, 7) is 1.75. The molecule has 0 unspecified atom stereocenters. The first-order chi connectivity index (χ1) is 11.4. The minimum absolute atomic E-state index is 0.0794. The smallest absolute Gasteiger partial charge is 0.261 e. The van der Waals surface area contributed by atoms with Crippen LogP contribution < -0.4 is 10.7 Å². The summed E-state index contributed by atoms with van der Waals surface area (Å²) < 4.78 is 26.4. The maximum absolute atomic E-state index is 13.2. The first-order valence-electron chi connectivity index (χ1n) is 6.95. The molecular formula is C17H11ClF2N2O2. The number of anilines is 1. The van der Waals surface area contributed by atoms with Crippen molar-refractivity contribution < 1.29 is 13.6 Å². The molecule has 0 aliphatic carbocycles. The fourth-order valence-corrected chi connectivity index (χ4v) is 2.57. The van der Waals surface area contributed by atoms with Gasteiger partial charge in [0.15, 0.2) is 0 Å². The van der Waals surface area contributed by atoms with Gasteiger partial charge in [-0.15, -0.1) is 0 Å². The van der Waals surface area contributed by atoms with E-state index < -0.39 is 23.0 Å². The molecule has 7 heteroatoms. The highest BCUT2D eigenvalue weighted by Gasteiger charge is 2.15. The summed E-state index contributed by atoms with van der Waals surface area (Å²) in [6, 6.07) is 5.69. The van der Waals surface area contributed by atoms with E-state index in [1.165, 1.54) is 12.3 Å². The number of rotatable bonds is 2. The Hall–Kier alpha value is -2.73. The second-order valence-electron chi connectivity index (χ2n) is 5.24. The largest absolute Gasteiger partial charge is 0.360 e. The minimum Gasteiger partial charge on any atom is -0.360 e. The van der Waals surface area contributed by atoms with Gasteiger partial charge in [0.1, 0.15) is 17.2 Å². The monoisotopic (exact) mass is 348 g/mol. The van der Waals surface area contributed by atoms with E-state index in [0.717, 1.165) is 12.1 Å². The lowest BCUT2D eigenvalue weighted by molar-refractivity contribution is 0.102. The van der Waals surface area contributed by atoms with Crippen molar-refractivity contribution in [3.8, 4) is 0 Å². The zero-order chi connectivity index (χ0) is 17.4. The van der Waals surface area contributed by atoms with Gasteiger partial charge in [0, 0.05) is 28.4 Å². The van der Waals surface area contributed by atoms with Gasteiger partial charge in [0.25, 0.3) is 5.91 Å². The summed E-state index contributed by atoms with van der Waals surface area (Å²) in [5.74, 6) is -2.43. The number of carbonyl (C=O) groups excluding carboxylic acids is 1. The van der Waals surface area contributed by atoms with Gasteiger partial charge in [-0.3, -0.25) is 9.59 Å². The molecule has 3 rings (SSSR count). The molecule has 0 atom stereocenters. The molecule has 1 amide bonds. The van der Waals surface area contributed by atoms with Crippen LogP contribution in [0.1, 0.15) is 15.9 Å². The van der Waals surface area contributed by atoms with Crippen LogP contribution in [0.2, 0.25) is 5.02 Å². The first kappa shape index (κ1) is 16.1. The molecule has 1 aromatic heterocycles. The highest BCUT2D eigenvalue weighted by atomic mass is 35.5. The molecule has 2 aromatic carbocycles. The number of hydrogen-bond donors (Lipinski definition) is 2. The van der Waals surface area contributed by atoms with Crippen LogP contribution in [-0.2, 0) is 0 Å². The maximum Gasteiger partial charge on any atom is 0.261 e. The van der Waals surface area contributed by atoms with Gasteiger partial charge >= 0.3 is 0 Å². The number of aromatic amines is 1. The number of carbonyl (C=O) groups is 1. The normalized spacial score (nSPS) is 10.8. The molecule has 0 spiro atoms. The summed E-state index contributed by atoms with van der Waals surface area (Å²) in [4.78, 5) is 27.6. The minimum atomic E-state index is -0.831. The zero-order valence-electron chi connectivity index (χ0n) is 12.4. The van der Waals surface area contributed by atoms with Gasteiger partial charge in [-0.1, -0.05) is 11.6 Å². The van der Waals surface area contributed by atoms with Crippen LogP contribution >= 0.6 is 11.6 Å². The predicted molar refractivity (Wildman–Crippen MR) is 88.6 cm³/mol. The molecular weight excluding hydrogens is 338 g/mol. The lowest BCUT2D eigenvalue weighted by Gasteiger charge is -2.08. The van der Waals surface area contributed by atoms with Crippen LogP contribution in [-0.4, -0.2) is 10.9 Å². The Morgan fingerprint density at radius 3 is 2.50 bits per heavy atom. The summed E-state index contributed by atoms with van der Waals surface area (Å²) in [6.07, 6.45) is 1.25. The molecule has 2 N–H and O–H groups in total. The number of benzene rings is 2. The Morgan fingerprint density at radius 1 is 1.17 bits per heavy atom. The number of aromatic nitrogens is 1. The van der Waals surface area contributed by atoms with Gasteiger partial charge in [0.2, 0.25) is 5.43 Å². The van der Waals surface area contributed by atoms with Crippen LogP contribution in [0, 0.1) is 18.6 Å². The standard InChI is InChI=1S/C17H11ClF2N2O2/c1-8-14(18)3-2-12-15(8)21-7-13(16(12)23)17(24)22-11-5-9(19)4-10(20)6-11/h2-7H,1H3,(H,21,23)(H,22,24). The SMILES string of the molecule is Cc1c(Cl)ccc2c(=O)c(C(=O)Nc3cc(F)cc(F)c3)c[nH]c12. The number of H-pyrrole nitrogens is 1. The highest BCUT2D eigenvalue weighted by molar-refractivity contribution is 6.32. The molecule has 0 aliphatic rings. The fourth-order valence-electron chi connectivity index (χ4n) is 2.41. The number of nitrogens with one attached hydrogen (secondary N) is 2. The second kappa shape index (κ2) is 6.05. The quantitative estimate of drug-likeness (QED) is 0.734. The van der Waals surface area contributed by atoms with Crippen molar-refractivity contribution in [1.82, 2.24) is 4.98 Å². The molecule has 0 saturated carbocycles. The van der Waals surface area contributed by atoms with Crippen molar-refractivity contribution in [2.45, 2.75) is 6.92 Å². The molecule has 0 fully saturated rings. The van der Waals surface area contributed by atoms with E-state index >= 15 is 0 Å². The number of amides is 1. The number of pyridine rings is 1. The Morgan fingerprint density at radius 2 is 1.83 bits per heavy atom. The predicted octanol–water partition coefficient (Wildman–Crippen LogP) is 4.02. The van der Waals surface area contributed by atoms with Gasteiger partial charge in [-0.25, -0.2) is 8.78 Å². The Labute approximate surface area is 140 Å². The van der Waals surface area contributed by atoms with Crippen molar-refractivity contribution in [2.24, 2.45) is 0 Å². The summed E-state index contributed by atoms with van der Waals surface area (Å²) >= 11 is 6.01. The van der Waals surface area contributed by atoms with Crippen molar-refractivity contribution in [1.29, 1.82) is 0 Å². The van der Waals surface area contributed by atoms with E-state index in [9.17, 15) is 18.4 Å². The lowest BCUT2D eigenvalue weighted by atomic mass is 10.1. The summed E-state index contributed by atoms with van der Waals surface area (Å²) in [5, 5.41) is 3.10. The average Bonchev–Trinajstić information content (AvgIpc) is 2.50. The van der Waals surface area contributed by atoms with Gasteiger partial charge in [-0.05, 0) is 36.8 Å². The third-order valence-corrected chi connectivity index (χ3v) is 4.02. The van der Waals surface area contributed by atoms with Crippen LogP contribution in [0.4, 0.5) is 14.5 Å². The first-order valence-corrected chi connectivity index (χ1v) is 7.32. The third kappa shape index (κ3) is 2.88. The van der Waals surface area contributed by atoms with E-state index in [1.807, 2.05) is 0 Å². The molecule has 0 bridgehead atoms. The molecule has 0 radical (unpaired) electrons. The summed E-state index contributed by atoms with van der Waals surface area (Å²) in [7, 11) is 0. The summed E-state index contributed by atoms with van der Waals surface area (Å²) in [5.41, 5.74) is 0.461. The molecule has 1 heterocycles. The van der Waals surface area contributed by atoms with E-state index in [1.54, 1.807) is 13.0 Å². The molecule has 0 saturated heterocycles. The number of halogens is 3. The van der Waals surface area contributed by atoms with Gasteiger partial charge in [0.05, 0.1) is 5.52 Å². The van der Waals surface area contributed by atoms with Gasteiger partial charge < -0.3 is 10.3 Å². The number of aryl methyl sites for hydroxylation is 1. The third-order valence-electron chi connectivity index (χ3n) is 3.61. The lowest BCUT2D eigenvalue weighted by Crippen LogP contribution is -2.22. The Kier molecular flexibility index (Phi) is 4.07. The molecule has 0 aliphatic heterocycles. The van der Waals surface area contributed by atoms with E-state index in [4.69, 9.17) is 11.6 Å². The molecule has 24 heavy (non-hydrogen) atoms. The van der Waals surface area contributed by atoms with Crippen molar-refractivity contribution in [3.63, 3.8) is 0 Å². The van der Waals surface area contributed by atoms with Crippen molar-refractivity contribution in [3.05, 3.63) is 74.5 Å². The number of hydrogen-bond acceptors (Lipinski definition) is 2. The van der Waals surface area contributed by atoms with Crippen LogP contribution in [0.15, 0.2) is 41.3 Å². The molecule has 122 valence electrons. The molecule has 3 aromatic rings. The van der Waals surface area contributed by atoms with Crippen LogP contribution in [0.5, 0.6) is 0 Å². The fraction of sp³-hybridized carbons (Fsp3) is 0.0588. The van der Waals surface area contributed by atoms with Gasteiger partial charge in [-0.2, -0.15) is 0 Å². The van der Waals surface area contributed by atoms with Crippen LogP contribution in [0.3, 0.4) is 0 Å². The Balaban J connectivity index is 2.03.